The Balaban J connectivity index is 1.60. The van der Waals surface area contributed by atoms with Gasteiger partial charge in [0.25, 0.3) is 0 Å². The SMILES string of the molecule is COc1ccccc1CN1[C@H]2CCC[C@H]1CC(NC(=S)NCC(C)C)C2. The molecule has 2 atom stereocenters. The van der Waals surface area contributed by atoms with Gasteiger partial charge in [-0.3, -0.25) is 4.90 Å². The van der Waals surface area contributed by atoms with Crippen LogP contribution in [0.15, 0.2) is 24.3 Å². The fourth-order valence-electron chi connectivity index (χ4n) is 4.42. The lowest BCUT2D eigenvalue weighted by molar-refractivity contribution is 0.0205. The molecule has 3 rings (SSSR count). The standard InChI is InChI=1S/C21H33N3OS/c1-15(2)13-22-21(26)23-17-11-18-8-6-9-19(12-17)24(18)14-16-7-4-5-10-20(16)25-3/h4-5,7,10,15,17-19H,6,8-9,11-14H2,1-3H3,(H2,22,23,26)/t18-,19-/m0/s1. The highest BCUT2D eigenvalue weighted by Gasteiger charge is 2.38. The molecule has 1 aromatic carbocycles. The van der Waals surface area contributed by atoms with Crippen molar-refractivity contribution in [2.45, 2.75) is 70.6 Å². The summed E-state index contributed by atoms with van der Waals surface area (Å²) in [6.45, 7) is 6.33. The number of nitrogens with one attached hydrogen (secondary N) is 2. The summed E-state index contributed by atoms with van der Waals surface area (Å²) in [5.41, 5.74) is 1.30. The number of methoxy groups -OCH3 is 1. The summed E-state index contributed by atoms with van der Waals surface area (Å²) in [6, 6.07) is 10.2. The molecular weight excluding hydrogens is 342 g/mol. The Morgan fingerprint density at radius 1 is 1.23 bits per heavy atom. The third-order valence-corrected chi connectivity index (χ3v) is 5.94. The van der Waals surface area contributed by atoms with Crippen LogP contribution in [-0.2, 0) is 6.54 Å². The molecule has 2 heterocycles. The maximum absolute atomic E-state index is 5.56. The van der Waals surface area contributed by atoms with Gasteiger partial charge in [-0.15, -0.1) is 0 Å². The lowest BCUT2D eigenvalue weighted by Crippen LogP contribution is -2.57. The van der Waals surface area contributed by atoms with E-state index in [-0.39, 0.29) is 0 Å². The maximum Gasteiger partial charge on any atom is 0.166 e. The highest BCUT2D eigenvalue weighted by Crippen LogP contribution is 2.36. The molecule has 1 aromatic rings. The zero-order chi connectivity index (χ0) is 18.5. The summed E-state index contributed by atoms with van der Waals surface area (Å²) in [6.07, 6.45) is 6.27. The molecule has 2 fully saturated rings. The van der Waals surface area contributed by atoms with Crippen LogP contribution in [0.3, 0.4) is 0 Å². The van der Waals surface area contributed by atoms with E-state index in [9.17, 15) is 0 Å². The molecule has 2 aliphatic heterocycles. The van der Waals surface area contributed by atoms with Crippen molar-refractivity contribution >= 4 is 17.3 Å². The van der Waals surface area contributed by atoms with E-state index in [1.807, 2.05) is 6.07 Å². The van der Waals surface area contributed by atoms with Crippen molar-refractivity contribution in [1.29, 1.82) is 0 Å². The Labute approximate surface area is 163 Å². The van der Waals surface area contributed by atoms with Crippen LogP contribution < -0.4 is 15.4 Å². The molecule has 4 nitrogen and oxygen atoms in total. The zero-order valence-electron chi connectivity index (χ0n) is 16.3. The lowest BCUT2D eigenvalue weighted by atomic mass is 9.81. The van der Waals surface area contributed by atoms with E-state index in [2.05, 4.69) is 47.6 Å². The number of hydrogen-bond donors (Lipinski definition) is 2. The van der Waals surface area contributed by atoms with E-state index >= 15 is 0 Å². The van der Waals surface area contributed by atoms with Crippen LogP contribution in [0.25, 0.3) is 0 Å². The number of hydrogen-bond acceptors (Lipinski definition) is 3. The number of benzene rings is 1. The predicted molar refractivity (Wildman–Crippen MR) is 112 cm³/mol. The molecule has 0 aliphatic carbocycles. The van der Waals surface area contributed by atoms with Crippen molar-refractivity contribution < 1.29 is 4.74 Å². The molecule has 0 radical (unpaired) electrons. The maximum atomic E-state index is 5.56. The number of rotatable bonds is 6. The van der Waals surface area contributed by atoms with E-state index in [4.69, 9.17) is 17.0 Å². The van der Waals surface area contributed by atoms with Crippen LogP contribution in [0.1, 0.15) is 51.5 Å². The molecule has 2 saturated heterocycles. The third kappa shape index (κ3) is 4.89. The minimum absolute atomic E-state index is 0.492. The van der Waals surface area contributed by atoms with Crippen molar-refractivity contribution in [2.75, 3.05) is 13.7 Å². The highest BCUT2D eigenvalue weighted by molar-refractivity contribution is 7.80. The molecule has 26 heavy (non-hydrogen) atoms. The minimum Gasteiger partial charge on any atom is -0.496 e. The second-order valence-electron chi connectivity index (χ2n) is 8.14. The van der Waals surface area contributed by atoms with Gasteiger partial charge in [-0.1, -0.05) is 38.5 Å². The van der Waals surface area contributed by atoms with Crippen LogP contribution in [-0.4, -0.2) is 41.8 Å². The number of thiocarbonyl (C=S) groups is 1. The normalized spacial score (nSPS) is 25.8. The van der Waals surface area contributed by atoms with Gasteiger partial charge >= 0.3 is 0 Å². The molecule has 5 heteroatoms. The first-order chi connectivity index (χ1) is 12.6. The van der Waals surface area contributed by atoms with Crippen LogP contribution >= 0.6 is 12.2 Å². The summed E-state index contributed by atoms with van der Waals surface area (Å²) in [4.78, 5) is 2.71. The number of ether oxygens (including phenoxy) is 1. The average molecular weight is 376 g/mol. The van der Waals surface area contributed by atoms with Crippen molar-refractivity contribution in [1.82, 2.24) is 15.5 Å². The Bertz CT molecular complexity index is 593. The first-order valence-electron chi connectivity index (χ1n) is 9.98. The summed E-state index contributed by atoms with van der Waals surface area (Å²) in [5.74, 6) is 1.61. The van der Waals surface area contributed by atoms with Gasteiger partial charge in [0.05, 0.1) is 7.11 Å². The van der Waals surface area contributed by atoms with E-state index in [0.29, 0.717) is 24.0 Å². The average Bonchev–Trinajstić information content (AvgIpc) is 2.61. The molecular formula is C21H33N3OS. The van der Waals surface area contributed by atoms with Gasteiger partial charge in [0.15, 0.2) is 5.11 Å². The quantitative estimate of drug-likeness (QED) is 0.742. The smallest absolute Gasteiger partial charge is 0.166 e. The molecule has 0 amide bonds. The lowest BCUT2D eigenvalue weighted by Gasteiger charge is -2.49. The van der Waals surface area contributed by atoms with Crippen LogP contribution in [0, 0.1) is 5.92 Å². The Kier molecular flexibility index (Phi) is 6.76. The second kappa shape index (κ2) is 9.05. The largest absolute Gasteiger partial charge is 0.496 e. The summed E-state index contributed by atoms with van der Waals surface area (Å²) < 4.78 is 5.56. The Hall–Kier alpha value is -1.33. The van der Waals surface area contributed by atoms with Crippen molar-refractivity contribution in [3.63, 3.8) is 0 Å². The molecule has 2 N–H and O–H groups in total. The fourth-order valence-corrected chi connectivity index (χ4v) is 4.67. The predicted octanol–water partition coefficient (Wildman–Crippen LogP) is 3.70. The number of piperidine rings is 2. The van der Waals surface area contributed by atoms with E-state index in [0.717, 1.165) is 24.0 Å². The first-order valence-corrected chi connectivity index (χ1v) is 10.4. The number of nitrogens with zero attached hydrogens (tertiary/aromatic N) is 1. The molecule has 2 aliphatic rings. The fraction of sp³-hybridized carbons (Fsp3) is 0.667. The van der Waals surface area contributed by atoms with E-state index < -0.39 is 0 Å². The molecule has 0 aromatic heterocycles. The summed E-state index contributed by atoms with van der Waals surface area (Å²) in [7, 11) is 1.76. The van der Waals surface area contributed by atoms with Gasteiger partial charge in [0, 0.05) is 36.8 Å². The molecule has 0 spiro atoms. The van der Waals surface area contributed by atoms with Crippen LogP contribution in [0.4, 0.5) is 0 Å². The zero-order valence-corrected chi connectivity index (χ0v) is 17.1. The van der Waals surface area contributed by atoms with Crippen molar-refractivity contribution in [2.24, 2.45) is 5.92 Å². The van der Waals surface area contributed by atoms with Gasteiger partial charge < -0.3 is 15.4 Å². The molecule has 0 saturated carbocycles. The number of para-hydroxylation sites is 1. The third-order valence-electron chi connectivity index (χ3n) is 5.68. The highest BCUT2D eigenvalue weighted by atomic mass is 32.1. The topological polar surface area (TPSA) is 36.5 Å². The van der Waals surface area contributed by atoms with E-state index in [1.54, 1.807) is 7.11 Å². The number of fused-ring (bicyclic) bond motifs is 2. The van der Waals surface area contributed by atoms with Gasteiger partial charge in [-0.25, -0.2) is 0 Å². The Morgan fingerprint density at radius 3 is 2.58 bits per heavy atom. The molecule has 2 bridgehead atoms. The van der Waals surface area contributed by atoms with Crippen molar-refractivity contribution in [3.05, 3.63) is 29.8 Å². The first kappa shape index (κ1) is 19.4. The summed E-state index contributed by atoms with van der Waals surface area (Å²) in [5, 5.41) is 7.75. The van der Waals surface area contributed by atoms with Gasteiger partial charge in [-0.2, -0.15) is 0 Å². The van der Waals surface area contributed by atoms with Gasteiger partial charge in [0.1, 0.15) is 5.75 Å². The van der Waals surface area contributed by atoms with E-state index in [1.165, 1.54) is 37.7 Å². The Morgan fingerprint density at radius 2 is 1.92 bits per heavy atom. The molecule has 0 unspecified atom stereocenters. The summed E-state index contributed by atoms with van der Waals surface area (Å²) >= 11 is 5.50. The monoisotopic (exact) mass is 375 g/mol. The van der Waals surface area contributed by atoms with Gasteiger partial charge in [0.2, 0.25) is 0 Å². The van der Waals surface area contributed by atoms with Crippen LogP contribution in [0.5, 0.6) is 5.75 Å². The molecule has 144 valence electrons. The van der Waals surface area contributed by atoms with Gasteiger partial charge in [-0.05, 0) is 49.9 Å². The minimum atomic E-state index is 0.492. The second-order valence-corrected chi connectivity index (χ2v) is 8.55. The van der Waals surface area contributed by atoms with Crippen molar-refractivity contribution in [3.8, 4) is 5.75 Å². The van der Waals surface area contributed by atoms with Crippen LogP contribution in [0.2, 0.25) is 0 Å².